The number of nitrogens with zero attached hydrogens (tertiary/aromatic N) is 2. The molecule has 94 valence electrons. The van der Waals surface area contributed by atoms with Crippen molar-refractivity contribution in [2.45, 2.75) is 6.92 Å². The van der Waals surface area contributed by atoms with E-state index in [9.17, 15) is 9.90 Å². The molecule has 2 heterocycles. The van der Waals surface area contributed by atoms with Gasteiger partial charge >= 0.3 is 5.97 Å². The number of nitrogens with one attached hydrogen (secondary N) is 1. The first-order valence-corrected chi connectivity index (χ1v) is 5.81. The van der Waals surface area contributed by atoms with Crippen LogP contribution >= 0.6 is 0 Å². The Bertz CT molecular complexity index is 763. The lowest BCUT2D eigenvalue weighted by atomic mass is 10.1. The Labute approximate surface area is 108 Å². The highest BCUT2D eigenvalue weighted by Gasteiger charge is 2.16. The Balaban J connectivity index is 2.32. The van der Waals surface area contributed by atoms with Crippen LogP contribution in [0.4, 0.5) is 0 Å². The number of pyridine rings is 1. The Kier molecular flexibility index (Phi) is 2.52. The molecule has 19 heavy (non-hydrogen) atoms. The Morgan fingerprint density at radius 1 is 1.26 bits per heavy atom. The van der Waals surface area contributed by atoms with Crippen LogP contribution in [0.1, 0.15) is 16.1 Å². The highest BCUT2D eigenvalue weighted by Crippen LogP contribution is 2.25. The number of hydrogen-bond acceptors (Lipinski definition) is 3. The average molecular weight is 253 g/mol. The van der Waals surface area contributed by atoms with Gasteiger partial charge in [-0.2, -0.15) is 5.10 Å². The second-order valence-corrected chi connectivity index (χ2v) is 4.27. The van der Waals surface area contributed by atoms with Crippen molar-refractivity contribution in [3.63, 3.8) is 0 Å². The largest absolute Gasteiger partial charge is 0.478 e. The molecule has 0 aliphatic rings. The number of aromatic nitrogens is 3. The van der Waals surface area contributed by atoms with Crippen molar-refractivity contribution >= 4 is 17.0 Å². The predicted octanol–water partition coefficient (Wildman–Crippen LogP) is 2.63. The number of hydrogen-bond donors (Lipinski definition) is 2. The van der Waals surface area contributed by atoms with Crippen LogP contribution in [-0.2, 0) is 0 Å². The lowest BCUT2D eigenvalue weighted by molar-refractivity contribution is 0.0699. The molecule has 0 radical (unpaired) electrons. The fourth-order valence-electron chi connectivity index (χ4n) is 2.10. The van der Waals surface area contributed by atoms with E-state index in [1.807, 2.05) is 30.3 Å². The molecule has 0 amide bonds. The van der Waals surface area contributed by atoms with Crippen LogP contribution in [0, 0.1) is 6.92 Å². The van der Waals surface area contributed by atoms with Crippen LogP contribution in [0.3, 0.4) is 0 Å². The molecule has 5 nitrogen and oxygen atoms in total. The Morgan fingerprint density at radius 2 is 2.00 bits per heavy atom. The van der Waals surface area contributed by atoms with Gasteiger partial charge in [0.1, 0.15) is 0 Å². The van der Waals surface area contributed by atoms with Crippen LogP contribution in [0.25, 0.3) is 22.3 Å². The maximum atomic E-state index is 11.4. The minimum atomic E-state index is -0.978. The average Bonchev–Trinajstić information content (AvgIpc) is 2.80. The van der Waals surface area contributed by atoms with E-state index in [-0.39, 0.29) is 5.56 Å². The van der Waals surface area contributed by atoms with Crippen LogP contribution in [0.15, 0.2) is 36.4 Å². The summed E-state index contributed by atoms with van der Waals surface area (Å²) < 4.78 is 0. The third kappa shape index (κ3) is 1.85. The Morgan fingerprint density at radius 3 is 2.68 bits per heavy atom. The lowest BCUT2D eigenvalue weighted by Gasteiger charge is -2.03. The minimum absolute atomic E-state index is 0.218. The first-order chi connectivity index (χ1) is 9.16. The van der Waals surface area contributed by atoms with Crippen molar-refractivity contribution in [1.29, 1.82) is 0 Å². The van der Waals surface area contributed by atoms with Crippen molar-refractivity contribution in [2.24, 2.45) is 0 Å². The summed E-state index contributed by atoms with van der Waals surface area (Å²) in [5.41, 5.74) is 2.83. The van der Waals surface area contributed by atoms with Crippen LogP contribution in [-0.4, -0.2) is 26.3 Å². The van der Waals surface area contributed by atoms with E-state index >= 15 is 0 Å². The van der Waals surface area contributed by atoms with E-state index in [1.165, 1.54) is 0 Å². The zero-order valence-corrected chi connectivity index (χ0v) is 10.2. The monoisotopic (exact) mass is 253 g/mol. The number of carboxylic acid groups (broad SMARTS) is 1. The number of rotatable bonds is 2. The fraction of sp³-hybridized carbons (Fsp3) is 0.0714. The van der Waals surface area contributed by atoms with Crippen molar-refractivity contribution in [3.05, 3.63) is 47.7 Å². The predicted molar refractivity (Wildman–Crippen MR) is 71.0 cm³/mol. The second-order valence-electron chi connectivity index (χ2n) is 4.27. The summed E-state index contributed by atoms with van der Waals surface area (Å²) in [5.74, 6) is -0.978. The summed E-state index contributed by atoms with van der Waals surface area (Å²) in [6.07, 6.45) is 0. The van der Waals surface area contributed by atoms with E-state index in [0.29, 0.717) is 22.4 Å². The zero-order valence-electron chi connectivity index (χ0n) is 10.2. The molecule has 0 aliphatic heterocycles. The smallest absolute Gasteiger partial charge is 0.336 e. The molecular formula is C14H11N3O2. The first-order valence-electron chi connectivity index (χ1n) is 5.81. The Hall–Kier alpha value is -2.69. The third-order valence-corrected chi connectivity index (χ3v) is 3.00. The van der Waals surface area contributed by atoms with Gasteiger partial charge in [-0.3, -0.25) is 5.10 Å². The molecular weight excluding hydrogens is 242 g/mol. The molecule has 3 aromatic rings. The highest BCUT2D eigenvalue weighted by molar-refractivity contribution is 6.03. The first kappa shape index (κ1) is 11.4. The molecule has 0 saturated carbocycles. The molecule has 0 saturated heterocycles. The number of aromatic amines is 1. The summed E-state index contributed by atoms with van der Waals surface area (Å²) in [5, 5.41) is 16.7. The maximum absolute atomic E-state index is 11.4. The van der Waals surface area contributed by atoms with Gasteiger partial charge in [-0.25, -0.2) is 9.78 Å². The van der Waals surface area contributed by atoms with Crippen LogP contribution in [0.5, 0.6) is 0 Å². The van der Waals surface area contributed by atoms with Gasteiger partial charge in [0.25, 0.3) is 0 Å². The molecule has 3 rings (SSSR count). The van der Waals surface area contributed by atoms with Gasteiger partial charge in [-0.1, -0.05) is 30.3 Å². The van der Waals surface area contributed by atoms with Crippen molar-refractivity contribution in [3.8, 4) is 11.3 Å². The molecule has 0 spiro atoms. The van der Waals surface area contributed by atoms with E-state index < -0.39 is 5.97 Å². The van der Waals surface area contributed by atoms with Crippen molar-refractivity contribution in [1.82, 2.24) is 15.2 Å². The third-order valence-electron chi connectivity index (χ3n) is 3.00. The summed E-state index contributed by atoms with van der Waals surface area (Å²) in [4.78, 5) is 15.8. The van der Waals surface area contributed by atoms with E-state index in [1.54, 1.807) is 13.0 Å². The lowest BCUT2D eigenvalue weighted by Crippen LogP contribution is -2.00. The molecule has 2 aromatic heterocycles. The normalized spacial score (nSPS) is 10.8. The standard InChI is InChI=1S/C14H11N3O2/c1-8-12-10(14(18)19)7-11(15-13(12)17-16-8)9-5-3-2-4-6-9/h2-7H,1H3,(H,18,19)(H,15,16,17). The molecule has 1 aromatic carbocycles. The number of carbonyl (C=O) groups is 1. The zero-order chi connectivity index (χ0) is 13.4. The molecule has 5 heteroatoms. The molecule has 0 fully saturated rings. The highest BCUT2D eigenvalue weighted by atomic mass is 16.4. The van der Waals surface area contributed by atoms with Gasteiger partial charge in [0.15, 0.2) is 5.65 Å². The number of fused-ring (bicyclic) bond motifs is 1. The van der Waals surface area contributed by atoms with Gasteiger partial charge in [-0.15, -0.1) is 0 Å². The number of carboxylic acids is 1. The van der Waals surface area contributed by atoms with E-state index in [0.717, 1.165) is 5.56 Å². The van der Waals surface area contributed by atoms with E-state index in [2.05, 4.69) is 15.2 Å². The molecule has 2 N–H and O–H groups in total. The van der Waals surface area contributed by atoms with Gasteiger partial charge < -0.3 is 5.11 Å². The molecule has 0 aliphatic carbocycles. The van der Waals surface area contributed by atoms with Gasteiger partial charge in [0, 0.05) is 11.3 Å². The topological polar surface area (TPSA) is 78.9 Å². The van der Waals surface area contributed by atoms with Gasteiger partial charge in [0.05, 0.1) is 16.6 Å². The molecule has 0 bridgehead atoms. The molecule has 0 atom stereocenters. The number of aromatic carboxylic acids is 1. The summed E-state index contributed by atoms with van der Waals surface area (Å²) >= 11 is 0. The van der Waals surface area contributed by atoms with E-state index in [4.69, 9.17) is 0 Å². The minimum Gasteiger partial charge on any atom is -0.478 e. The van der Waals surface area contributed by atoms with Gasteiger partial charge in [0.2, 0.25) is 0 Å². The van der Waals surface area contributed by atoms with Crippen LogP contribution in [0.2, 0.25) is 0 Å². The van der Waals surface area contributed by atoms with Crippen molar-refractivity contribution in [2.75, 3.05) is 0 Å². The fourth-order valence-corrected chi connectivity index (χ4v) is 2.10. The van der Waals surface area contributed by atoms with Gasteiger partial charge in [-0.05, 0) is 13.0 Å². The summed E-state index contributed by atoms with van der Waals surface area (Å²) in [6.45, 7) is 1.78. The number of H-pyrrole nitrogens is 1. The molecule has 0 unspecified atom stereocenters. The quantitative estimate of drug-likeness (QED) is 0.735. The maximum Gasteiger partial charge on any atom is 0.336 e. The number of aryl methyl sites for hydroxylation is 1. The van der Waals surface area contributed by atoms with Crippen LogP contribution < -0.4 is 0 Å². The van der Waals surface area contributed by atoms with Crippen molar-refractivity contribution < 1.29 is 9.90 Å². The SMILES string of the molecule is Cc1[nH]nc2nc(-c3ccccc3)cc(C(=O)O)c12. The summed E-state index contributed by atoms with van der Waals surface area (Å²) in [6, 6.07) is 11.0. The second kappa shape index (κ2) is 4.20. The summed E-state index contributed by atoms with van der Waals surface area (Å²) in [7, 11) is 0. The number of benzene rings is 1.